The minimum atomic E-state index is 0.645. The molecule has 1 aliphatic heterocycles. The molecule has 0 amide bonds. The van der Waals surface area contributed by atoms with Crippen LogP contribution in [0.3, 0.4) is 0 Å². The number of anilines is 1. The van der Waals surface area contributed by atoms with E-state index in [1.54, 1.807) is 0 Å². The van der Waals surface area contributed by atoms with E-state index in [0.717, 1.165) is 44.1 Å². The van der Waals surface area contributed by atoms with Crippen LogP contribution in [0.1, 0.15) is 90.0 Å². The van der Waals surface area contributed by atoms with Crippen LogP contribution in [0.25, 0.3) is 11.4 Å². The normalized spacial score (nSPS) is 20.3. The van der Waals surface area contributed by atoms with Crippen LogP contribution in [0, 0.1) is 11.8 Å². The smallest absolute Gasteiger partial charge is 0.206 e. The average molecular weight is 467 g/mol. The summed E-state index contributed by atoms with van der Waals surface area (Å²) in [7, 11) is 0. The van der Waals surface area contributed by atoms with Crippen LogP contribution >= 0.6 is 0 Å². The van der Waals surface area contributed by atoms with E-state index in [0.29, 0.717) is 11.7 Å². The van der Waals surface area contributed by atoms with Gasteiger partial charge < -0.3 is 4.90 Å². The molecule has 1 aromatic carbocycles. The molecule has 2 aliphatic rings. The largest absolute Gasteiger partial charge is 0.368 e. The van der Waals surface area contributed by atoms with Crippen LogP contribution in [0.15, 0.2) is 18.2 Å². The molecule has 0 bridgehead atoms. The monoisotopic (exact) mass is 466 g/mol. The topological polar surface area (TPSA) is 60.9 Å². The van der Waals surface area contributed by atoms with E-state index < -0.39 is 0 Å². The second-order valence-electron chi connectivity index (χ2n) is 11.1. The fraction of sp³-hybridized carbons (Fsp3) is 0.750. The van der Waals surface area contributed by atoms with Crippen LogP contribution in [-0.4, -0.2) is 58.2 Å². The zero-order valence-electron chi connectivity index (χ0n) is 21.6. The van der Waals surface area contributed by atoms with Crippen molar-refractivity contribution in [3.8, 4) is 11.4 Å². The maximum Gasteiger partial charge on any atom is 0.206 e. The predicted molar refractivity (Wildman–Crippen MR) is 141 cm³/mol. The highest BCUT2D eigenvalue weighted by Crippen LogP contribution is 2.31. The first-order valence-corrected chi connectivity index (χ1v) is 14.0. The van der Waals surface area contributed by atoms with Gasteiger partial charge in [0.05, 0.1) is 0 Å². The zero-order valence-corrected chi connectivity index (χ0v) is 21.6. The third kappa shape index (κ3) is 7.53. The lowest BCUT2D eigenvalue weighted by Gasteiger charge is -2.38. The molecule has 188 valence electrons. The molecule has 1 aliphatic carbocycles. The van der Waals surface area contributed by atoms with E-state index in [4.69, 9.17) is 0 Å². The van der Waals surface area contributed by atoms with E-state index in [1.807, 2.05) is 0 Å². The molecule has 2 aromatic rings. The molecule has 2 fully saturated rings. The highest BCUT2D eigenvalue weighted by molar-refractivity contribution is 5.75. The fourth-order valence-electron chi connectivity index (χ4n) is 5.87. The number of nitrogens with zero attached hydrogens (tertiary/aromatic N) is 5. The Hall–Kier alpha value is -1.95. The molecule has 0 unspecified atom stereocenters. The maximum atomic E-state index is 4.28. The number of rotatable bonds is 6. The molecule has 6 heteroatoms. The first-order valence-electron chi connectivity index (χ1n) is 14.0. The van der Waals surface area contributed by atoms with Gasteiger partial charge in [-0.2, -0.15) is 5.21 Å². The van der Waals surface area contributed by atoms with Gasteiger partial charge in [0.15, 0.2) is 0 Å². The maximum absolute atomic E-state index is 4.28. The summed E-state index contributed by atoms with van der Waals surface area (Å²) < 4.78 is 0. The summed E-state index contributed by atoms with van der Waals surface area (Å²) >= 11 is 0. The molecule has 6 nitrogen and oxygen atoms in total. The average Bonchev–Trinajstić information content (AvgIpc) is 3.36. The highest BCUT2D eigenvalue weighted by Gasteiger charge is 2.23. The van der Waals surface area contributed by atoms with Gasteiger partial charge in [-0.1, -0.05) is 77.7 Å². The number of aromatic nitrogens is 4. The van der Waals surface area contributed by atoms with Gasteiger partial charge >= 0.3 is 0 Å². The lowest BCUT2D eigenvalue weighted by Crippen LogP contribution is -2.48. The van der Waals surface area contributed by atoms with Crippen LogP contribution in [0.4, 0.5) is 5.69 Å². The summed E-state index contributed by atoms with van der Waals surface area (Å²) in [6.07, 6.45) is 17.0. The van der Waals surface area contributed by atoms with Gasteiger partial charge in [-0.3, -0.25) is 4.90 Å². The van der Waals surface area contributed by atoms with E-state index in [1.165, 1.54) is 88.4 Å². The van der Waals surface area contributed by atoms with Gasteiger partial charge in [0.2, 0.25) is 5.82 Å². The Morgan fingerprint density at radius 1 is 0.882 bits per heavy atom. The summed E-state index contributed by atoms with van der Waals surface area (Å²) in [4.78, 5) is 5.28. The second kappa shape index (κ2) is 13.2. The van der Waals surface area contributed by atoms with Gasteiger partial charge in [-0.15, -0.1) is 10.2 Å². The van der Waals surface area contributed by atoms with Crippen molar-refractivity contribution in [1.82, 2.24) is 25.5 Å². The first kappa shape index (κ1) is 25.2. The van der Waals surface area contributed by atoms with Crippen molar-refractivity contribution in [2.24, 2.45) is 11.8 Å². The van der Waals surface area contributed by atoms with Crippen molar-refractivity contribution in [2.45, 2.75) is 90.9 Å². The van der Waals surface area contributed by atoms with Crippen molar-refractivity contribution in [1.29, 1.82) is 0 Å². The van der Waals surface area contributed by atoms with Crippen molar-refractivity contribution >= 4 is 5.69 Å². The molecule has 34 heavy (non-hydrogen) atoms. The quantitative estimate of drug-likeness (QED) is 0.557. The van der Waals surface area contributed by atoms with Crippen molar-refractivity contribution in [3.05, 3.63) is 23.8 Å². The SMILES string of the molecule is CC(C)Cc1ccc(-c2nn[nH]n2)c(N2CCN(CC3CCCCCCCCCCC3)CC2)c1. The molecule has 1 aromatic heterocycles. The number of hydrogen-bond acceptors (Lipinski definition) is 5. The van der Waals surface area contributed by atoms with E-state index >= 15 is 0 Å². The Labute approximate surface area is 206 Å². The Kier molecular flexibility index (Phi) is 9.78. The molecule has 4 rings (SSSR count). The van der Waals surface area contributed by atoms with Crippen LogP contribution in [0.5, 0.6) is 0 Å². The number of hydrogen-bond donors (Lipinski definition) is 1. The number of nitrogens with one attached hydrogen (secondary N) is 1. The molecule has 1 saturated heterocycles. The number of benzene rings is 1. The number of tetrazole rings is 1. The number of aromatic amines is 1. The van der Waals surface area contributed by atoms with E-state index in [2.05, 4.69) is 62.5 Å². The van der Waals surface area contributed by atoms with Gasteiger partial charge in [0.1, 0.15) is 0 Å². The minimum Gasteiger partial charge on any atom is -0.368 e. The molecule has 0 atom stereocenters. The summed E-state index contributed by atoms with van der Waals surface area (Å²) in [5.74, 6) is 2.23. The van der Waals surface area contributed by atoms with Crippen LogP contribution in [0.2, 0.25) is 0 Å². The first-order chi connectivity index (χ1) is 16.7. The molecular weight excluding hydrogens is 420 g/mol. The van der Waals surface area contributed by atoms with Gasteiger partial charge in [0, 0.05) is 44.0 Å². The Balaban J connectivity index is 1.36. The number of H-pyrrole nitrogens is 1. The Bertz CT molecular complexity index is 813. The third-order valence-electron chi connectivity index (χ3n) is 7.75. The van der Waals surface area contributed by atoms with Crippen LogP contribution in [-0.2, 0) is 6.42 Å². The molecule has 0 spiro atoms. The fourth-order valence-corrected chi connectivity index (χ4v) is 5.87. The summed E-state index contributed by atoms with van der Waals surface area (Å²) in [5.41, 5.74) is 3.76. The van der Waals surface area contributed by atoms with Gasteiger partial charge in [0.25, 0.3) is 0 Å². The Morgan fingerprint density at radius 2 is 1.53 bits per heavy atom. The van der Waals surface area contributed by atoms with Crippen molar-refractivity contribution in [3.63, 3.8) is 0 Å². The summed E-state index contributed by atoms with van der Waals surface area (Å²) in [6, 6.07) is 6.79. The molecule has 1 N–H and O–H groups in total. The second-order valence-corrected chi connectivity index (χ2v) is 11.1. The minimum absolute atomic E-state index is 0.645. The van der Waals surface area contributed by atoms with Gasteiger partial charge in [-0.25, -0.2) is 0 Å². The summed E-state index contributed by atoms with van der Waals surface area (Å²) in [6.45, 7) is 10.3. The van der Waals surface area contributed by atoms with E-state index in [-0.39, 0.29) is 0 Å². The van der Waals surface area contributed by atoms with Crippen molar-refractivity contribution < 1.29 is 0 Å². The predicted octanol–water partition coefficient (Wildman–Crippen LogP) is 6.11. The molecule has 2 heterocycles. The lowest BCUT2D eigenvalue weighted by molar-refractivity contribution is 0.202. The van der Waals surface area contributed by atoms with Crippen LogP contribution < -0.4 is 4.90 Å². The van der Waals surface area contributed by atoms with E-state index in [9.17, 15) is 0 Å². The molecular formula is C28H46N6. The van der Waals surface area contributed by atoms with Gasteiger partial charge in [-0.05, 0) is 54.0 Å². The lowest BCUT2D eigenvalue weighted by atomic mass is 9.92. The third-order valence-corrected chi connectivity index (χ3v) is 7.75. The van der Waals surface area contributed by atoms with Crippen molar-refractivity contribution in [2.75, 3.05) is 37.6 Å². The molecule has 0 radical (unpaired) electrons. The highest BCUT2D eigenvalue weighted by atomic mass is 15.5. The zero-order chi connectivity index (χ0) is 23.6. The molecule has 1 saturated carbocycles. The standard InChI is InChI=1S/C28H46N6/c1-23(2)20-25-14-15-26(28-29-31-32-30-28)27(21-25)34-18-16-33(17-19-34)22-24-12-10-8-6-4-3-5-7-9-11-13-24/h14-15,21,23-24H,3-13,16-20,22H2,1-2H3,(H,29,30,31,32). The Morgan fingerprint density at radius 3 is 2.12 bits per heavy atom. The number of piperazine rings is 1. The summed E-state index contributed by atoms with van der Waals surface area (Å²) in [5, 5.41) is 15.0.